The summed E-state index contributed by atoms with van der Waals surface area (Å²) < 4.78 is 4.95. The molecule has 0 N–H and O–H groups in total. The van der Waals surface area contributed by atoms with Crippen molar-refractivity contribution in [1.29, 1.82) is 0 Å². The van der Waals surface area contributed by atoms with Crippen LogP contribution in [0.4, 0.5) is 0 Å². The van der Waals surface area contributed by atoms with Crippen molar-refractivity contribution in [1.82, 2.24) is 0 Å². The first-order valence-electron chi connectivity index (χ1n) is 2.66. The van der Waals surface area contributed by atoms with Gasteiger partial charge in [0, 0.05) is 4.90 Å². The third-order valence-electron chi connectivity index (χ3n) is 1.05. The van der Waals surface area contributed by atoms with Gasteiger partial charge in [0.25, 0.3) is 0 Å². The molecule has 0 aliphatic heterocycles. The van der Waals surface area contributed by atoms with Gasteiger partial charge in [0.1, 0.15) is 5.75 Å². The molecule has 0 saturated heterocycles. The molecule has 0 fully saturated rings. The number of methoxy groups -OCH3 is 1. The van der Waals surface area contributed by atoms with Crippen molar-refractivity contribution in [2.24, 2.45) is 0 Å². The average Bonchev–Trinajstić information content (AvgIpc) is 1.88. The van der Waals surface area contributed by atoms with Crippen molar-refractivity contribution in [3.8, 4) is 5.75 Å². The first kappa shape index (κ1) is 11.0. The summed E-state index contributed by atoms with van der Waals surface area (Å²) in [5, 5.41) is 0. The van der Waals surface area contributed by atoms with Crippen molar-refractivity contribution in [3.63, 3.8) is 0 Å². The van der Waals surface area contributed by atoms with Crippen molar-refractivity contribution < 1.29 is 57.5 Å². The molecular formula is C7H9KOS. The van der Waals surface area contributed by atoms with Crippen LogP contribution >= 0.6 is 12.6 Å². The molecule has 0 saturated carbocycles. The number of hydrogen-bond acceptors (Lipinski definition) is 2. The van der Waals surface area contributed by atoms with Crippen LogP contribution in [-0.2, 0) is 0 Å². The van der Waals surface area contributed by atoms with Gasteiger partial charge in [-0.15, -0.1) is 12.6 Å². The van der Waals surface area contributed by atoms with Gasteiger partial charge in [-0.2, -0.15) is 0 Å². The standard InChI is InChI=1S/C7H8OS.K.H/c1-8-6-3-2-4-7(9)5-6;;/h2-5,9H,1H3;;/q;+1;-1. The van der Waals surface area contributed by atoms with Crippen LogP contribution in [0.25, 0.3) is 0 Å². The van der Waals surface area contributed by atoms with Crippen LogP contribution in [0.2, 0.25) is 0 Å². The molecule has 0 aliphatic carbocycles. The Hall–Kier alpha value is 1.01. The van der Waals surface area contributed by atoms with Gasteiger partial charge in [-0.3, -0.25) is 0 Å². The normalized spacial score (nSPS) is 8.20. The predicted octanol–water partition coefficient (Wildman–Crippen LogP) is -0.900. The summed E-state index contributed by atoms with van der Waals surface area (Å²) in [5.74, 6) is 0.850. The van der Waals surface area contributed by atoms with Crippen LogP contribution in [0.15, 0.2) is 29.2 Å². The fraction of sp³-hybridized carbons (Fsp3) is 0.143. The molecular weight excluding hydrogens is 171 g/mol. The van der Waals surface area contributed by atoms with Crippen molar-refractivity contribution in [3.05, 3.63) is 24.3 Å². The summed E-state index contributed by atoms with van der Waals surface area (Å²) in [5.41, 5.74) is 0. The molecule has 0 aromatic heterocycles. The Kier molecular flexibility index (Phi) is 6.20. The first-order valence-corrected chi connectivity index (χ1v) is 3.10. The van der Waals surface area contributed by atoms with Crippen LogP contribution in [-0.4, -0.2) is 7.11 Å². The van der Waals surface area contributed by atoms with Crippen LogP contribution in [0, 0.1) is 0 Å². The summed E-state index contributed by atoms with van der Waals surface area (Å²) >= 11 is 4.13. The predicted molar refractivity (Wildman–Crippen MR) is 41.4 cm³/mol. The number of ether oxygens (including phenoxy) is 1. The Labute approximate surface area is 110 Å². The molecule has 0 spiro atoms. The number of benzene rings is 1. The minimum Gasteiger partial charge on any atom is -1.00 e. The minimum atomic E-state index is 0. The second-order valence-corrected chi connectivity index (χ2v) is 2.22. The van der Waals surface area contributed by atoms with E-state index in [1.54, 1.807) is 7.11 Å². The maximum absolute atomic E-state index is 4.95. The Balaban J connectivity index is 0. The molecule has 0 bridgehead atoms. The van der Waals surface area contributed by atoms with Crippen LogP contribution < -0.4 is 56.1 Å². The van der Waals surface area contributed by atoms with Gasteiger partial charge >= 0.3 is 51.4 Å². The van der Waals surface area contributed by atoms with Crippen LogP contribution in [0.5, 0.6) is 5.75 Å². The molecule has 10 heavy (non-hydrogen) atoms. The van der Waals surface area contributed by atoms with E-state index in [9.17, 15) is 0 Å². The van der Waals surface area contributed by atoms with Gasteiger partial charge in [0.2, 0.25) is 0 Å². The van der Waals surface area contributed by atoms with E-state index in [1.165, 1.54) is 0 Å². The second-order valence-electron chi connectivity index (χ2n) is 1.70. The Morgan fingerprint density at radius 3 is 2.60 bits per heavy atom. The zero-order chi connectivity index (χ0) is 6.69. The number of hydrogen-bond donors (Lipinski definition) is 1. The van der Waals surface area contributed by atoms with E-state index in [0.717, 1.165) is 10.6 Å². The number of thiol groups is 1. The van der Waals surface area contributed by atoms with Gasteiger partial charge in [0.05, 0.1) is 7.11 Å². The summed E-state index contributed by atoms with van der Waals surface area (Å²) in [6, 6.07) is 7.57. The summed E-state index contributed by atoms with van der Waals surface area (Å²) in [6.45, 7) is 0. The molecule has 0 unspecified atom stereocenters. The van der Waals surface area contributed by atoms with Gasteiger partial charge in [-0.25, -0.2) is 0 Å². The maximum atomic E-state index is 4.95. The Bertz CT molecular complexity index is 207. The maximum Gasteiger partial charge on any atom is 1.00 e. The fourth-order valence-corrected chi connectivity index (χ4v) is 0.824. The smallest absolute Gasteiger partial charge is 1.00 e. The van der Waals surface area contributed by atoms with E-state index in [4.69, 9.17) is 4.74 Å². The Morgan fingerprint density at radius 1 is 1.50 bits per heavy atom. The monoisotopic (exact) mass is 180 g/mol. The van der Waals surface area contributed by atoms with E-state index in [1.807, 2.05) is 24.3 Å². The zero-order valence-corrected chi connectivity index (χ0v) is 10.2. The molecule has 1 rings (SSSR count). The summed E-state index contributed by atoms with van der Waals surface area (Å²) in [4.78, 5) is 0.925. The van der Waals surface area contributed by atoms with Gasteiger partial charge in [-0.05, 0) is 18.2 Å². The molecule has 50 valence electrons. The SMILES string of the molecule is COc1cccc(S)c1.[H-].[K+]. The van der Waals surface area contributed by atoms with E-state index >= 15 is 0 Å². The molecule has 1 aromatic carbocycles. The van der Waals surface area contributed by atoms with E-state index in [0.29, 0.717) is 0 Å². The average molecular weight is 180 g/mol. The van der Waals surface area contributed by atoms with Crippen molar-refractivity contribution >= 4 is 12.6 Å². The van der Waals surface area contributed by atoms with Gasteiger partial charge in [0.15, 0.2) is 0 Å². The van der Waals surface area contributed by atoms with Gasteiger partial charge < -0.3 is 6.16 Å². The molecule has 3 heteroatoms. The summed E-state index contributed by atoms with van der Waals surface area (Å²) in [6.07, 6.45) is 0. The Morgan fingerprint density at radius 2 is 2.20 bits per heavy atom. The largest absolute Gasteiger partial charge is 1.00 e. The first-order chi connectivity index (χ1) is 4.33. The molecule has 0 amide bonds. The minimum absolute atomic E-state index is 0. The molecule has 0 heterocycles. The van der Waals surface area contributed by atoms with Crippen molar-refractivity contribution in [2.45, 2.75) is 4.90 Å². The fourth-order valence-electron chi connectivity index (χ4n) is 0.610. The molecule has 0 aliphatic rings. The second kappa shape index (κ2) is 5.63. The zero-order valence-electron chi connectivity index (χ0n) is 7.16. The molecule has 0 atom stereocenters. The number of rotatable bonds is 1. The molecule has 1 nitrogen and oxygen atoms in total. The summed E-state index contributed by atoms with van der Waals surface area (Å²) in [7, 11) is 1.64. The quantitative estimate of drug-likeness (QED) is 0.435. The van der Waals surface area contributed by atoms with E-state index in [-0.39, 0.29) is 52.8 Å². The third-order valence-corrected chi connectivity index (χ3v) is 1.33. The molecule has 1 aromatic rings. The van der Waals surface area contributed by atoms with E-state index < -0.39 is 0 Å². The van der Waals surface area contributed by atoms with Gasteiger partial charge in [-0.1, -0.05) is 6.07 Å². The van der Waals surface area contributed by atoms with Crippen LogP contribution in [0.1, 0.15) is 1.43 Å². The molecule has 0 radical (unpaired) electrons. The third kappa shape index (κ3) is 3.41. The van der Waals surface area contributed by atoms with Crippen LogP contribution in [0.3, 0.4) is 0 Å². The topological polar surface area (TPSA) is 9.23 Å². The van der Waals surface area contributed by atoms with E-state index in [2.05, 4.69) is 12.6 Å². The van der Waals surface area contributed by atoms with Crippen molar-refractivity contribution in [2.75, 3.05) is 7.11 Å².